The maximum Gasteiger partial charge on any atom is 0.261 e. The first kappa shape index (κ1) is 22.7. The van der Waals surface area contributed by atoms with Crippen LogP contribution in [0.3, 0.4) is 0 Å². The summed E-state index contributed by atoms with van der Waals surface area (Å²) >= 11 is 0. The van der Waals surface area contributed by atoms with Gasteiger partial charge in [0.2, 0.25) is 0 Å². The number of hydrogen-bond acceptors (Lipinski definition) is 3. The fourth-order valence-corrected chi connectivity index (χ4v) is 5.20. The Bertz CT molecular complexity index is 1710. The number of hydrogen-bond donors (Lipinski definition) is 0. The van der Waals surface area contributed by atoms with Gasteiger partial charge in [0.25, 0.3) is 11.8 Å². The van der Waals surface area contributed by atoms with Crippen LogP contribution in [0.15, 0.2) is 97.2 Å². The summed E-state index contributed by atoms with van der Waals surface area (Å²) in [5.74, 6) is -0.617. The maximum atomic E-state index is 13.8. The van der Waals surface area contributed by atoms with Crippen LogP contribution in [0.2, 0.25) is 0 Å². The number of aromatic nitrogens is 2. The molecule has 0 aliphatic carbocycles. The summed E-state index contributed by atoms with van der Waals surface area (Å²) in [4.78, 5) is 32.7. The van der Waals surface area contributed by atoms with E-state index in [0.717, 1.165) is 28.0 Å². The van der Waals surface area contributed by atoms with Gasteiger partial charge in [-0.15, -0.1) is 0 Å². The van der Waals surface area contributed by atoms with Gasteiger partial charge in [-0.1, -0.05) is 60.7 Å². The standard InChI is InChI=1S/C32H25N3O2/c1-21-18-24(22(2)35(21)30-16-9-11-23-10-3-4-13-26(23)30)19-29-27-14-5-6-15-28(27)31(36)34(32(29)37)20-25-12-7-8-17-33-25/h3-19H,20H2,1-2H3/b29-19-. The minimum absolute atomic E-state index is 0.124. The molecular formula is C32H25N3O2. The third-order valence-corrected chi connectivity index (χ3v) is 6.99. The summed E-state index contributed by atoms with van der Waals surface area (Å²) in [7, 11) is 0. The molecule has 5 heteroatoms. The van der Waals surface area contributed by atoms with Gasteiger partial charge < -0.3 is 4.57 Å². The Hall–Kier alpha value is -4.77. The molecule has 3 aromatic carbocycles. The molecule has 0 radical (unpaired) electrons. The first-order valence-electron chi connectivity index (χ1n) is 12.3. The number of aryl methyl sites for hydroxylation is 1. The maximum absolute atomic E-state index is 13.8. The molecule has 0 bridgehead atoms. The molecule has 0 saturated heterocycles. The van der Waals surface area contributed by atoms with Crippen LogP contribution in [0.5, 0.6) is 0 Å². The largest absolute Gasteiger partial charge is 0.317 e. The first-order chi connectivity index (χ1) is 18.0. The highest BCUT2D eigenvalue weighted by molar-refractivity contribution is 6.33. The second-order valence-electron chi connectivity index (χ2n) is 9.28. The van der Waals surface area contributed by atoms with Crippen LogP contribution in [-0.4, -0.2) is 26.3 Å². The van der Waals surface area contributed by atoms with Gasteiger partial charge in [-0.05, 0) is 66.8 Å². The molecule has 1 aliphatic heterocycles. The van der Waals surface area contributed by atoms with Gasteiger partial charge in [-0.3, -0.25) is 19.5 Å². The first-order valence-corrected chi connectivity index (χ1v) is 12.3. The quantitative estimate of drug-likeness (QED) is 0.221. The van der Waals surface area contributed by atoms with Gasteiger partial charge in [0.05, 0.1) is 17.9 Å². The van der Waals surface area contributed by atoms with Gasteiger partial charge >= 0.3 is 0 Å². The molecule has 0 N–H and O–H groups in total. The number of benzene rings is 3. The number of pyridine rings is 1. The Morgan fingerprint density at radius 3 is 2.32 bits per heavy atom. The predicted molar refractivity (Wildman–Crippen MR) is 146 cm³/mol. The number of imide groups is 1. The lowest BCUT2D eigenvalue weighted by Crippen LogP contribution is -2.41. The van der Waals surface area contributed by atoms with E-state index in [0.29, 0.717) is 22.4 Å². The molecular weight excluding hydrogens is 458 g/mol. The number of rotatable bonds is 4. The summed E-state index contributed by atoms with van der Waals surface area (Å²) in [5.41, 5.74) is 6.48. The van der Waals surface area contributed by atoms with E-state index in [1.165, 1.54) is 10.3 Å². The topological polar surface area (TPSA) is 55.2 Å². The monoisotopic (exact) mass is 483 g/mol. The second kappa shape index (κ2) is 9.03. The fourth-order valence-electron chi connectivity index (χ4n) is 5.20. The van der Waals surface area contributed by atoms with E-state index in [1.807, 2.05) is 54.6 Å². The minimum Gasteiger partial charge on any atom is -0.317 e. The lowest BCUT2D eigenvalue weighted by atomic mass is 9.92. The Labute approximate surface area is 215 Å². The Balaban J connectivity index is 1.48. The van der Waals surface area contributed by atoms with Crippen molar-refractivity contribution in [1.29, 1.82) is 0 Å². The van der Waals surface area contributed by atoms with Crippen LogP contribution in [0.25, 0.3) is 28.1 Å². The molecule has 3 heterocycles. The Morgan fingerprint density at radius 1 is 0.784 bits per heavy atom. The molecule has 2 amide bonds. The van der Waals surface area contributed by atoms with Crippen molar-refractivity contribution in [2.75, 3.05) is 0 Å². The average molecular weight is 484 g/mol. The molecule has 0 unspecified atom stereocenters. The molecule has 0 spiro atoms. The molecule has 0 saturated carbocycles. The number of nitrogens with zero attached hydrogens (tertiary/aromatic N) is 3. The van der Waals surface area contributed by atoms with Crippen molar-refractivity contribution in [1.82, 2.24) is 14.5 Å². The molecule has 37 heavy (non-hydrogen) atoms. The van der Waals surface area contributed by atoms with Gasteiger partial charge in [0, 0.05) is 34.1 Å². The van der Waals surface area contributed by atoms with E-state index >= 15 is 0 Å². The van der Waals surface area contributed by atoms with Crippen LogP contribution < -0.4 is 0 Å². The highest BCUT2D eigenvalue weighted by Gasteiger charge is 2.35. The summed E-state index contributed by atoms with van der Waals surface area (Å²) < 4.78 is 2.23. The minimum atomic E-state index is -0.315. The molecule has 1 aliphatic rings. The molecule has 5 nitrogen and oxygen atoms in total. The molecule has 2 aromatic heterocycles. The summed E-state index contributed by atoms with van der Waals surface area (Å²) in [5, 5.41) is 2.34. The Morgan fingerprint density at radius 2 is 1.51 bits per heavy atom. The average Bonchev–Trinajstić information content (AvgIpc) is 3.21. The van der Waals surface area contributed by atoms with Gasteiger partial charge in [-0.2, -0.15) is 0 Å². The van der Waals surface area contributed by atoms with Crippen molar-refractivity contribution in [3.05, 3.63) is 131 Å². The zero-order chi connectivity index (χ0) is 25.5. The van der Waals surface area contributed by atoms with Crippen LogP contribution in [0.1, 0.15) is 38.6 Å². The van der Waals surface area contributed by atoms with Crippen molar-refractivity contribution < 1.29 is 9.59 Å². The van der Waals surface area contributed by atoms with Crippen molar-refractivity contribution in [3.63, 3.8) is 0 Å². The van der Waals surface area contributed by atoms with Crippen LogP contribution in [0.4, 0.5) is 0 Å². The van der Waals surface area contributed by atoms with Crippen LogP contribution in [0, 0.1) is 13.8 Å². The lowest BCUT2D eigenvalue weighted by molar-refractivity contribution is -0.123. The number of amides is 2. The zero-order valence-corrected chi connectivity index (χ0v) is 20.7. The van der Waals surface area contributed by atoms with E-state index in [1.54, 1.807) is 12.3 Å². The second-order valence-corrected chi connectivity index (χ2v) is 9.28. The number of carbonyl (C=O) groups excluding carboxylic acids is 2. The smallest absolute Gasteiger partial charge is 0.261 e. The summed E-state index contributed by atoms with van der Waals surface area (Å²) in [6.07, 6.45) is 3.59. The van der Waals surface area contributed by atoms with Crippen LogP contribution >= 0.6 is 0 Å². The third kappa shape index (κ3) is 3.85. The summed E-state index contributed by atoms with van der Waals surface area (Å²) in [6.45, 7) is 4.26. The van der Waals surface area contributed by atoms with E-state index in [9.17, 15) is 9.59 Å². The highest BCUT2D eigenvalue weighted by Crippen LogP contribution is 2.34. The molecule has 180 valence electrons. The number of fused-ring (bicyclic) bond motifs is 2. The van der Waals surface area contributed by atoms with E-state index in [2.05, 4.69) is 59.8 Å². The van der Waals surface area contributed by atoms with E-state index in [-0.39, 0.29) is 18.4 Å². The molecule has 0 atom stereocenters. The molecule has 0 fully saturated rings. The van der Waals surface area contributed by atoms with E-state index in [4.69, 9.17) is 0 Å². The van der Waals surface area contributed by atoms with Crippen molar-refractivity contribution in [3.8, 4) is 5.69 Å². The zero-order valence-electron chi connectivity index (χ0n) is 20.7. The number of carbonyl (C=O) groups is 2. The van der Waals surface area contributed by atoms with Gasteiger partial charge in [-0.25, -0.2) is 0 Å². The fraction of sp³-hybridized carbons (Fsp3) is 0.0938. The normalized spacial score (nSPS) is 14.4. The highest BCUT2D eigenvalue weighted by atomic mass is 16.2. The van der Waals surface area contributed by atoms with Crippen molar-refractivity contribution in [2.24, 2.45) is 0 Å². The van der Waals surface area contributed by atoms with Crippen molar-refractivity contribution in [2.45, 2.75) is 20.4 Å². The van der Waals surface area contributed by atoms with Crippen LogP contribution in [-0.2, 0) is 11.3 Å². The van der Waals surface area contributed by atoms with Gasteiger partial charge in [0.15, 0.2) is 0 Å². The SMILES string of the molecule is Cc1cc(/C=C2\C(=O)N(Cc3ccccn3)C(=O)c3ccccc32)c(C)n1-c1cccc2ccccc12. The van der Waals surface area contributed by atoms with Crippen molar-refractivity contribution >= 4 is 34.2 Å². The molecule has 6 rings (SSSR count). The predicted octanol–water partition coefficient (Wildman–Crippen LogP) is 6.37. The van der Waals surface area contributed by atoms with E-state index < -0.39 is 0 Å². The van der Waals surface area contributed by atoms with Gasteiger partial charge in [0.1, 0.15) is 0 Å². The third-order valence-electron chi connectivity index (χ3n) is 6.99. The lowest BCUT2D eigenvalue weighted by Gasteiger charge is -2.28. The summed E-state index contributed by atoms with van der Waals surface area (Å²) in [6, 6.07) is 29.5. The molecule has 5 aromatic rings. The Kier molecular flexibility index (Phi) is 5.53.